The molecule has 106 valence electrons. The van der Waals surface area contributed by atoms with Crippen molar-refractivity contribution < 1.29 is 14.7 Å². The second-order valence-corrected chi connectivity index (χ2v) is 4.27. The molecule has 2 rings (SSSR count). The van der Waals surface area contributed by atoms with Gasteiger partial charge in [-0.2, -0.15) is 0 Å². The number of nitrogens with zero attached hydrogens (tertiary/aromatic N) is 2. The van der Waals surface area contributed by atoms with E-state index in [-0.39, 0.29) is 5.56 Å². The lowest BCUT2D eigenvalue weighted by Crippen LogP contribution is -2.10. The minimum Gasteiger partial charge on any atom is -0.478 e. The summed E-state index contributed by atoms with van der Waals surface area (Å²) in [7, 11) is 0. The number of aldehydes is 1. The quantitative estimate of drug-likeness (QED) is 0.852. The van der Waals surface area contributed by atoms with Crippen LogP contribution in [0.2, 0.25) is 0 Å². The van der Waals surface area contributed by atoms with Crippen LogP contribution in [0.1, 0.15) is 27.6 Å². The molecule has 0 spiro atoms. The molecular formula is C16H14N2O3. The number of aromatic carboxylic acids is 1. The molecule has 0 aliphatic rings. The lowest BCUT2D eigenvalue weighted by molar-refractivity contribution is 0.0696. The van der Waals surface area contributed by atoms with Crippen molar-refractivity contribution in [3.05, 3.63) is 66.0 Å². The number of hydrogen-bond acceptors (Lipinski definition) is 4. The minimum atomic E-state index is -0.965. The molecule has 1 aromatic heterocycles. The Balaban J connectivity index is 2.37. The van der Waals surface area contributed by atoms with Gasteiger partial charge in [0.25, 0.3) is 0 Å². The number of rotatable bonds is 5. The first-order valence-corrected chi connectivity index (χ1v) is 6.32. The van der Waals surface area contributed by atoms with Crippen LogP contribution in [0, 0.1) is 0 Å². The zero-order valence-electron chi connectivity index (χ0n) is 11.4. The molecule has 1 N–H and O–H groups in total. The molecule has 0 fully saturated rings. The molecular weight excluding hydrogens is 268 g/mol. The summed E-state index contributed by atoms with van der Waals surface area (Å²) in [6, 6.07) is 9.89. The highest BCUT2D eigenvalue weighted by atomic mass is 16.4. The van der Waals surface area contributed by atoms with Crippen molar-refractivity contribution in [2.24, 2.45) is 0 Å². The Bertz CT molecular complexity index is 661. The summed E-state index contributed by atoms with van der Waals surface area (Å²) in [5, 5.41) is 8.92. The van der Waals surface area contributed by atoms with Crippen molar-refractivity contribution in [1.29, 1.82) is 0 Å². The lowest BCUT2D eigenvalue weighted by Gasteiger charge is -2.19. The van der Waals surface area contributed by atoms with Gasteiger partial charge in [0.1, 0.15) is 5.82 Å². The summed E-state index contributed by atoms with van der Waals surface area (Å²) in [6.07, 6.45) is 5.89. The van der Waals surface area contributed by atoms with E-state index in [1.807, 2.05) is 19.2 Å². The van der Waals surface area contributed by atoms with Crippen LogP contribution < -0.4 is 4.90 Å². The monoisotopic (exact) mass is 282 g/mol. The summed E-state index contributed by atoms with van der Waals surface area (Å²) < 4.78 is 0. The third-order valence-corrected chi connectivity index (χ3v) is 2.84. The molecule has 0 saturated heterocycles. The predicted molar refractivity (Wildman–Crippen MR) is 80.0 cm³/mol. The Hall–Kier alpha value is -2.95. The number of benzene rings is 1. The van der Waals surface area contributed by atoms with Gasteiger partial charge in [0, 0.05) is 23.6 Å². The fourth-order valence-corrected chi connectivity index (χ4v) is 1.82. The summed E-state index contributed by atoms with van der Waals surface area (Å²) >= 11 is 0. The van der Waals surface area contributed by atoms with Crippen LogP contribution in [0.3, 0.4) is 0 Å². The number of carbonyl (C=O) groups is 2. The summed E-state index contributed by atoms with van der Waals surface area (Å²) in [5.74, 6) is -0.325. The Kier molecular flexibility index (Phi) is 4.46. The highest BCUT2D eigenvalue weighted by molar-refractivity contribution is 5.88. The number of carboxylic acids is 1. The number of carboxylic acid groups (broad SMARTS) is 1. The fourth-order valence-electron chi connectivity index (χ4n) is 1.82. The second-order valence-electron chi connectivity index (χ2n) is 4.27. The van der Waals surface area contributed by atoms with E-state index < -0.39 is 5.97 Å². The number of carbonyl (C=O) groups excluding carboxylic acids is 1. The van der Waals surface area contributed by atoms with Crippen molar-refractivity contribution in [2.75, 3.05) is 4.90 Å². The van der Waals surface area contributed by atoms with Gasteiger partial charge in [-0.1, -0.05) is 6.08 Å². The SMILES string of the molecule is C/C=C\N(c1ccc(C(=O)O)cc1)c1ccc(C=O)cn1. The zero-order valence-corrected chi connectivity index (χ0v) is 11.4. The van der Waals surface area contributed by atoms with Crippen molar-refractivity contribution in [3.63, 3.8) is 0 Å². The van der Waals surface area contributed by atoms with Crippen LogP contribution in [0.4, 0.5) is 11.5 Å². The molecule has 2 aromatic rings. The number of pyridine rings is 1. The molecule has 0 unspecified atom stereocenters. The van der Waals surface area contributed by atoms with E-state index in [0.29, 0.717) is 11.4 Å². The first-order chi connectivity index (χ1) is 10.2. The largest absolute Gasteiger partial charge is 0.478 e. The third kappa shape index (κ3) is 3.33. The molecule has 0 bridgehead atoms. The Morgan fingerprint density at radius 3 is 2.38 bits per heavy atom. The van der Waals surface area contributed by atoms with Gasteiger partial charge >= 0.3 is 5.97 Å². The number of aromatic nitrogens is 1. The number of allylic oxidation sites excluding steroid dienone is 1. The average Bonchev–Trinajstić information content (AvgIpc) is 2.53. The van der Waals surface area contributed by atoms with E-state index in [1.165, 1.54) is 18.3 Å². The Morgan fingerprint density at radius 1 is 1.19 bits per heavy atom. The maximum Gasteiger partial charge on any atom is 0.335 e. The predicted octanol–water partition coefficient (Wildman–Crippen LogP) is 3.26. The Labute approximate surface area is 122 Å². The van der Waals surface area contributed by atoms with E-state index in [4.69, 9.17) is 5.11 Å². The second kappa shape index (κ2) is 6.47. The van der Waals surface area contributed by atoms with Crippen molar-refractivity contribution in [2.45, 2.75) is 6.92 Å². The summed E-state index contributed by atoms with van der Waals surface area (Å²) in [5.41, 5.74) is 1.51. The zero-order chi connectivity index (χ0) is 15.2. The maximum absolute atomic E-state index is 10.9. The normalized spacial score (nSPS) is 10.5. The molecule has 0 atom stereocenters. The molecule has 0 radical (unpaired) electrons. The van der Waals surface area contributed by atoms with E-state index in [2.05, 4.69) is 4.98 Å². The van der Waals surface area contributed by atoms with Crippen molar-refractivity contribution in [3.8, 4) is 0 Å². The highest BCUT2D eigenvalue weighted by Gasteiger charge is 2.09. The van der Waals surface area contributed by atoms with Crippen molar-refractivity contribution >= 4 is 23.8 Å². The minimum absolute atomic E-state index is 0.225. The van der Waals surface area contributed by atoms with Gasteiger partial charge in [0.2, 0.25) is 0 Å². The fraction of sp³-hybridized carbons (Fsp3) is 0.0625. The van der Waals surface area contributed by atoms with Crippen LogP contribution in [0.15, 0.2) is 54.9 Å². The standard InChI is InChI=1S/C16H14N2O3/c1-2-9-18(15-8-3-12(11-19)10-17-15)14-6-4-13(5-7-14)16(20)21/h2-11H,1H3,(H,20,21)/b9-2-. The smallest absolute Gasteiger partial charge is 0.335 e. The van der Waals surface area contributed by atoms with E-state index >= 15 is 0 Å². The first-order valence-electron chi connectivity index (χ1n) is 6.32. The van der Waals surface area contributed by atoms with Crippen LogP contribution >= 0.6 is 0 Å². The maximum atomic E-state index is 10.9. The van der Waals surface area contributed by atoms with Gasteiger partial charge in [0.15, 0.2) is 6.29 Å². The van der Waals surface area contributed by atoms with Gasteiger partial charge in [-0.25, -0.2) is 9.78 Å². The van der Waals surface area contributed by atoms with Crippen LogP contribution in [0.25, 0.3) is 0 Å². The van der Waals surface area contributed by atoms with Crippen LogP contribution in [-0.4, -0.2) is 22.3 Å². The molecule has 5 nitrogen and oxygen atoms in total. The topological polar surface area (TPSA) is 70.5 Å². The molecule has 0 aliphatic heterocycles. The molecule has 5 heteroatoms. The Morgan fingerprint density at radius 2 is 1.90 bits per heavy atom. The molecule has 0 aliphatic carbocycles. The molecule has 21 heavy (non-hydrogen) atoms. The van der Waals surface area contributed by atoms with E-state index in [0.717, 1.165) is 12.0 Å². The lowest BCUT2D eigenvalue weighted by atomic mass is 10.2. The average molecular weight is 282 g/mol. The van der Waals surface area contributed by atoms with Gasteiger partial charge < -0.3 is 10.0 Å². The van der Waals surface area contributed by atoms with E-state index in [1.54, 1.807) is 29.2 Å². The van der Waals surface area contributed by atoms with Crippen LogP contribution in [-0.2, 0) is 0 Å². The molecule has 1 aromatic carbocycles. The molecule has 0 amide bonds. The third-order valence-electron chi connectivity index (χ3n) is 2.84. The van der Waals surface area contributed by atoms with Gasteiger partial charge in [-0.3, -0.25) is 4.79 Å². The first kappa shape index (κ1) is 14.5. The van der Waals surface area contributed by atoms with E-state index in [9.17, 15) is 9.59 Å². The number of hydrogen-bond donors (Lipinski definition) is 1. The highest BCUT2D eigenvalue weighted by Crippen LogP contribution is 2.24. The van der Waals surface area contributed by atoms with Crippen LogP contribution in [0.5, 0.6) is 0 Å². The summed E-state index contributed by atoms with van der Waals surface area (Å²) in [4.78, 5) is 27.6. The van der Waals surface area contributed by atoms with Crippen molar-refractivity contribution in [1.82, 2.24) is 4.98 Å². The number of anilines is 2. The van der Waals surface area contributed by atoms with Gasteiger partial charge in [-0.05, 0) is 43.3 Å². The van der Waals surface area contributed by atoms with Gasteiger partial charge in [-0.15, -0.1) is 0 Å². The molecule has 0 saturated carbocycles. The van der Waals surface area contributed by atoms with Gasteiger partial charge in [0.05, 0.1) is 5.56 Å². The summed E-state index contributed by atoms with van der Waals surface area (Å²) in [6.45, 7) is 1.87. The molecule has 1 heterocycles.